The van der Waals surface area contributed by atoms with E-state index in [9.17, 15) is 10.2 Å². The topological polar surface area (TPSA) is 216 Å². The second kappa shape index (κ2) is 14.2. The van der Waals surface area contributed by atoms with Gasteiger partial charge in [-0.2, -0.15) is 14.8 Å². The van der Waals surface area contributed by atoms with Gasteiger partial charge in [0, 0.05) is 32.8 Å². The average Bonchev–Trinajstić information content (AvgIpc) is 3.82. The highest BCUT2D eigenvalue weighted by Gasteiger charge is 2.47. The first-order chi connectivity index (χ1) is 21.8. The predicted octanol–water partition coefficient (Wildman–Crippen LogP) is 1.13. The molecule has 1 aromatic carbocycles. The van der Waals surface area contributed by atoms with Gasteiger partial charge in [-0.25, -0.2) is 9.97 Å². The Hall–Kier alpha value is -5.00. The number of carboxylic acid groups (broad SMARTS) is 1. The van der Waals surface area contributed by atoms with E-state index in [0.717, 1.165) is 12.1 Å². The number of aliphatic hydroxyl groups excluding tert-OH is 2. The zero-order valence-electron chi connectivity index (χ0n) is 25.0. The molecule has 0 bridgehead atoms. The third kappa shape index (κ3) is 7.22. The Morgan fingerprint density at radius 2 is 1.78 bits per heavy atom. The number of anilines is 2. The molecule has 5 N–H and O–H groups in total. The van der Waals surface area contributed by atoms with Gasteiger partial charge in [-0.05, 0) is 31.0 Å². The number of nitrogens with one attached hydrogen (secondary N) is 2. The minimum atomic E-state index is -1.29. The molecular weight excluding hydrogens is 584 g/mol. The quantitative estimate of drug-likeness (QED) is 0.131. The molecule has 5 aromatic rings. The van der Waals surface area contributed by atoms with E-state index in [4.69, 9.17) is 24.6 Å². The van der Waals surface area contributed by atoms with Crippen molar-refractivity contribution in [3.8, 4) is 0 Å². The van der Waals surface area contributed by atoms with Crippen molar-refractivity contribution in [1.29, 1.82) is 0 Å². The van der Waals surface area contributed by atoms with Gasteiger partial charge in [-0.1, -0.05) is 30.3 Å². The third-order valence-electron chi connectivity index (χ3n) is 7.07. The van der Waals surface area contributed by atoms with Crippen LogP contribution >= 0.6 is 0 Å². The van der Waals surface area contributed by atoms with Crippen molar-refractivity contribution in [2.75, 3.05) is 23.7 Å². The largest absolute Gasteiger partial charge is 0.483 e. The number of aliphatic hydroxyl groups is 2. The number of carbonyl (C=O) groups is 1. The highest BCUT2D eigenvalue weighted by Crippen LogP contribution is 2.39. The monoisotopic (exact) mass is 620 g/mol. The summed E-state index contributed by atoms with van der Waals surface area (Å²) >= 11 is 0. The van der Waals surface area contributed by atoms with Crippen LogP contribution in [0.15, 0.2) is 49.2 Å². The fourth-order valence-electron chi connectivity index (χ4n) is 4.85. The molecule has 4 aromatic heterocycles. The average molecular weight is 621 g/mol. The van der Waals surface area contributed by atoms with Gasteiger partial charge in [0.1, 0.15) is 12.2 Å². The van der Waals surface area contributed by atoms with Crippen molar-refractivity contribution in [1.82, 2.24) is 49.3 Å². The maximum absolute atomic E-state index is 11.0. The van der Waals surface area contributed by atoms with Crippen LogP contribution in [0.4, 0.5) is 11.8 Å². The normalized spacial score (nSPS) is 19.4. The van der Waals surface area contributed by atoms with Gasteiger partial charge >= 0.3 is 0 Å². The standard InChI is InChI=1S/C27H34N12O3.CH2O2/c1-16(2)39-35-24(34-36-39)22-20(40)21(41)26(42-22)38-15-31-19-23(28-11-9-17-7-5-4-6-8-17)32-27(33-25(19)38)29-12-10-18-13-37(3)14-30-18;2-1-3/h4-8,13-16,20-22,26,40-41H,9-12H2,1-3H3,(H2,28,29,32,33);1H,(H,2,3)/t20-,21+,22-,26+;/m0./s1. The molecule has 238 valence electrons. The number of rotatable bonds is 11. The molecule has 6 rings (SSSR count). The van der Waals surface area contributed by atoms with Crippen molar-refractivity contribution in [3.63, 3.8) is 0 Å². The number of ether oxygens (including phenoxy) is 1. The van der Waals surface area contributed by atoms with Crippen LogP contribution in [0.1, 0.15) is 49.3 Å². The summed E-state index contributed by atoms with van der Waals surface area (Å²) in [6.07, 6.45) is 2.19. The number of hydrogen-bond donors (Lipinski definition) is 5. The Kier molecular flexibility index (Phi) is 9.91. The second-order valence-corrected chi connectivity index (χ2v) is 10.7. The molecule has 0 unspecified atom stereocenters. The lowest BCUT2D eigenvalue weighted by atomic mass is 10.1. The number of hydrogen-bond acceptors (Lipinski definition) is 13. The van der Waals surface area contributed by atoms with Crippen molar-refractivity contribution in [3.05, 3.63) is 66.3 Å². The fraction of sp³-hybridized carbons (Fsp3) is 0.429. The summed E-state index contributed by atoms with van der Waals surface area (Å²) in [5.41, 5.74) is 3.09. The van der Waals surface area contributed by atoms with E-state index in [1.165, 1.54) is 16.7 Å². The summed E-state index contributed by atoms with van der Waals surface area (Å²) < 4.78 is 9.61. The number of nitrogens with zero attached hydrogens (tertiary/aromatic N) is 10. The first kappa shape index (κ1) is 31.4. The highest BCUT2D eigenvalue weighted by atomic mass is 16.6. The van der Waals surface area contributed by atoms with Crippen LogP contribution < -0.4 is 10.6 Å². The summed E-state index contributed by atoms with van der Waals surface area (Å²) in [7, 11) is 1.93. The lowest BCUT2D eigenvalue weighted by Crippen LogP contribution is -2.29. The lowest BCUT2D eigenvalue weighted by molar-refractivity contribution is -0.122. The van der Waals surface area contributed by atoms with E-state index in [1.807, 2.05) is 49.9 Å². The predicted molar refractivity (Wildman–Crippen MR) is 161 cm³/mol. The molecular formula is C28H36N12O5. The first-order valence-corrected chi connectivity index (χ1v) is 14.4. The Morgan fingerprint density at radius 1 is 1.02 bits per heavy atom. The van der Waals surface area contributed by atoms with Crippen molar-refractivity contribution < 1.29 is 24.9 Å². The summed E-state index contributed by atoms with van der Waals surface area (Å²) in [4.78, 5) is 28.1. The van der Waals surface area contributed by atoms with Crippen molar-refractivity contribution in [2.45, 2.75) is 57.3 Å². The molecule has 0 radical (unpaired) electrons. The minimum absolute atomic E-state index is 0.0174. The molecule has 1 aliphatic heterocycles. The molecule has 0 spiro atoms. The van der Waals surface area contributed by atoms with Crippen LogP contribution in [0.2, 0.25) is 0 Å². The van der Waals surface area contributed by atoms with Gasteiger partial charge in [0.2, 0.25) is 11.8 Å². The molecule has 1 aliphatic rings. The van der Waals surface area contributed by atoms with E-state index in [1.54, 1.807) is 10.9 Å². The van der Waals surface area contributed by atoms with Crippen LogP contribution in [0.5, 0.6) is 0 Å². The molecule has 0 saturated carbocycles. The lowest BCUT2D eigenvalue weighted by Gasteiger charge is -2.17. The molecule has 17 heteroatoms. The number of benzene rings is 1. The minimum Gasteiger partial charge on any atom is -0.483 e. The molecule has 1 fully saturated rings. The van der Waals surface area contributed by atoms with Gasteiger partial charge in [-0.3, -0.25) is 9.36 Å². The van der Waals surface area contributed by atoms with Crippen molar-refractivity contribution >= 4 is 29.4 Å². The Bertz CT molecular complexity index is 1690. The Balaban J connectivity index is 0.00000128. The number of imidazole rings is 2. The van der Waals surface area contributed by atoms with Crippen LogP contribution in [-0.4, -0.2) is 96.4 Å². The van der Waals surface area contributed by atoms with Gasteiger partial charge in [0.25, 0.3) is 6.47 Å². The van der Waals surface area contributed by atoms with E-state index in [0.29, 0.717) is 42.4 Å². The molecule has 4 atom stereocenters. The van der Waals surface area contributed by atoms with Crippen LogP contribution in [0.25, 0.3) is 11.2 Å². The maximum atomic E-state index is 11.0. The zero-order chi connectivity index (χ0) is 31.9. The number of tetrazole rings is 1. The van der Waals surface area contributed by atoms with Crippen LogP contribution in [-0.2, 0) is 29.4 Å². The fourth-order valence-corrected chi connectivity index (χ4v) is 4.85. The van der Waals surface area contributed by atoms with Crippen molar-refractivity contribution in [2.24, 2.45) is 7.05 Å². The molecule has 5 heterocycles. The summed E-state index contributed by atoms with van der Waals surface area (Å²) in [6, 6.07) is 10.1. The van der Waals surface area contributed by atoms with Gasteiger partial charge < -0.3 is 35.3 Å². The maximum Gasteiger partial charge on any atom is 0.290 e. The van der Waals surface area contributed by atoms with Gasteiger partial charge in [0.05, 0.1) is 24.4 Å². The molecule has 17 nitrogen and oxygen atoms in total. The summed E-state index contributed by atoms with van der Waals surface area (Å²) in [6.45, 7) is 4.76. The van der Waals surface area contributed by atoms with E-state index < -0.39 is 24.5 Å². The summed E-state index contributed by atoms with van der Waals surface area (Å²) in [5, 5.41) is 47.8. The third-order valence-corrected chi connectivity index (χ3v) is 7.07. The first-order valence-electron chi connectivity index (χ1n) is 14.4. The van der Waals surface area contributed by atoms with Gasteiger partial charge in [0.15, 0.2) is 29.3 Å². The Labute approximate surface area is 257 Å². The molecule has 0 amide bonds. The Morgan fingerprint density at radius 3 is 2.47 bits per heavy atom. The number of aryl methyl sites for hydroxylation is 1. The summed E-state index contributed by atoms with van der Waals surface area (Å²) in [5.74, 6) is 1.12. The molecule has 1 saturated heterocycles. The van der Waals surface area contributed by atoms with E-state index >= 15 is 0 Å². The smallest absolute Gasteiger partial charge is 0.290 e. The highest BCUT2D eigenvalue weighted by molar-refractivity contribution is 5.84. The van der Waals surface area contributed by atoms with Gasteiger partial charge in [-0.15, -0.1) is 10.2 Å². The van der Waals surface area contributed by atoms with E-state index in [2.05, 4.69) is 48.1 Å². The van der Waals surface area contributed by atoms with E-state index in [-0.39, 0.29) is 18.3 Å². The molecule has 45 heavy (non-hydrogen) atoms. The number of aromatic nitrogens is 10. The molecule has 0 aliphatic carbocycles. The van der Waals surface area contributed by atoms with Crippen LogP contribution in [0.3, 0.4) is 0 Å². The van der Waals surface area contributed by atoms with Crippen LogP contribution in [0, 0.1) is 0 Å². The zero-order valence-corrected chi connectivity index (χ0v) is 25.0. The number of fused-ring (bicyclic) bond motifs is 1. The SMILES string of the molecule is CC(C)n1nnc([C@H]2O[C@@H](n3cnc4c(NCCc5ccccc5)nc(NCCc5cn(C)cn5)nc43)[C@H](O)[C@@H]2O)n1.O=CO. The second-order valence-electron chi connectivity index (χ2n) is 10.7.